The smallest absolute Gasteiger partial charge is 0.159 e. The van der Waals surface area contributed by atoms with Crippen LogP contribution in [0.15, 0.2) is 23.6 Å². The van der Waals surface area contributed by atoms with E-state index in [9.17, 15) is 10.1 Å². The second-order valence-corrected chi connectivity index (χ2v) is 7.19. The molecule has 1 aliphatic rings. The van der Waals surface area contributed by atoms with E-state index in [4.69, 9.17) is 0 Å². The Balaban J connectivity index is 1.66. The highest BCUT2D eigenvalue weighted by molar-refractivity contribution is 7.09. The largest absolute Gasteiger partial charge is 0.368 e. The van der Waals surface area contributed by atoms with Crippen LogP contribution in [0.25, 0.3) is 0 Å². The Morgan fingerprint density at radius 2 is 2.08 bits per heavy atom. The fraction of sp³-hybridized carbons (Fsp3) is 0.421. The molecule has 0 spiro atoms. The number of piperazine rings is 1. The summed E-state index contributed by atoms with van der Waals surface area (Å²) >= 11 is 1.73. The van der Waals surface area contributed by atoms with Crippen molar-refractivity contribution in [3.63, 3.8) is 0 Å². The second-order valence-electron chi connectivity index (χ2n) is 6.25. The number of carbonyl (C=O) groups excluding carboxylic acids is 1. The SMILES string of the molecule is CCc1nc(CN2CCN(c3cc(C(C)=O)ccc3C#N)CC2)cs1. The minimum absolute atomic E-state index is 0.0274. The number of anilines is 1. The summed E-state index contributed by atoms with van der Waals surface area (Å²) < 4.78 is 0. The van der Waals surface area contributed by atoms with E-state index in [-0.39, 0.29) is 5.78 Å². The molecular weight excluding hydrogens is 332 g/mol. The summed E-state index contributed by atoms with van der Waals surface area (Å²) in [4.78, 5) is 20.9. The van der Waals surface area contributed by atoms with Crippen LogP contribution < -0.4 is 4.90 Å². The summed E-state index contributed by atoms with van der Waals surface area (Å²) in [5, 5.41) is 12.7. The number of Topliss-reactive ketones (excluding diaryl/α,β-unsaturated/α-hetero) is 1. The van der Waals surface area contributed by atoms with Gasteiger partial charge >= 0.3 is 0 Å². The maximum atomic E-state index is 11.6. The molecule has 0 amide bonds. The molecule has 0 atom stereocenters. The maximum Gasteiger partial charge on any atom is 0.159 e. The van der Waals surface area contributed by atoms with Crippen molar-refractivity contribution in [3.05, 3.63) is 45.4 Å². The van der Waals surface area contributed by atoms with E-state index in [0.29, 0.717) is 11.1 Å². The van der Waals surface area contributed by atoms with Crippen molar-refractivity contribution in [2.24, 2.45) is 0 Å². The van der Waals surface area contributed by atoms with Crippen LogP contribution in [0.2, 0.25) is 0 Å². The molecule has 1 fully saturated rings. The van der Waals surface area contributed by atoms with Crippen molar-refractivity contribution < 1.29 is 4.79 Å². The van der Waals surface area contributed by atoms with Gasteiger partial charge in [0.05, 0.1) is 22.0 Å². The van der Waals surface area contributed by atoms with Crippen LogP contribution in [-0.2, 0) is 13.0 Å². The van der Waals surface area contributed by atoms with E-state index < -0.39 is 0 Å². The van der Waals surface area contributed by atoms with Gasteiger partial charge in [0.2, 0.25) is 0 Å². The Kier molecular flexibility index (Phi) is 5.47. The lowest BCUT2D eigenvalue weighted by molar-refractivity contribution is 0.101. The number of aryl methyl sites for hydroxylation is 1. The molecule has 1 aromatic heterocycles. The molecule has 2 heterocycles. The molecule has 25 heavy (non-hydrogen) atoms. The molecule has 2 aromatic rings. The number of hydrogen-bond acceptors (Lipinski definition) is 6. The molecule has 0 aliphatic carbocycles. The summed E-state index contributed by atoms with van der Waals surface area (Å²) in [6.07, 6.45) is 0.988. The molecule has 5 nitrogen and oxygen atoms in total. The van der Waals surface area contributed by atoms with Crippen LogP contribution >= 0.6 is 11.3 Å². The molecule has 1 aliphatic heterocycles. The van der Waals surface area contributed by atoms with Gasteiger partial charge in [0.25, 0.3) is 0 Å². The minimum Gasteiger partial charge on any atom is -0.368 e. The molecular formula is C19H22N4OS. The van der Waals surface area contributed by atoms with Gasteiger partial charge in [-0.1, -0.05) is 6.92 Å². The first kappa shape index (κ1) is 17.6. The number of hydrogen-bond donors (Lipinski definition) is 0. The molecule has 130 valence electrons. The first-order chi connectivity index (χ1) is 12.1. The van der Waals surface area contributed by atoms with Crippen LogP contribution in [0.3, 0.4) is 0 Å². The first-order valence-corrected chi connectivity index (χ1v) is 9.44. The van der Waals surface area contributed by atoms with Gasteiger partial charge in [-0.05, 0) is 31.5 Å². The lowest BCUT2D eigenvalue weighted by Gasteiger charge is -2.36. The monoisotopic (exact) mass is 354 g/mol. The zero-order valence-corrected chi connectivity index (χ0v) is 15.5. The standard InChI is InChI=1S/C19H22N4OS/c1-3-19-21-17(13-25-19)12-22-6-8-23(9-7-22)18-10-15(14(2)24)4-5-16(18)11-20/h4-5,10,13H,3,6-9,12H2,1-2H3. The summed E-state index contributed by atoms with van der Waals surface area (Å²) in [5.74, 6) is 0.0274. The van der Waals surface area contributed by atoms with Gasteiger partial charge in [-0.3, -0.25) is 9.69 Å². The molecule has 6 heteroatoms. The highest BCUT2D eigenvalue weighted by Gasteiger charge is 2.20. The second kappa shape index (κ2) is 7.77. The van der Waals surface area contributed by atoms with Gasteiger partial charge in [-0.25, -0.2) is 4.98 Å². The molecule has 0 radical (unpaired) electrons. The summed E-state index contributed by atoms with van der Waals surface area (Å²) in [6, 6.07) is 7.58. The van der Waals surface area contributed by atoms with Crippen LogP contribution in [0, 0.1) is 11.3 Å². The van der Waals surface area contributed by atoms with Crippen molar-refractivity contribution in [2.75, 3.05) is 31.1 Å². The third-order valence-corrected chi connectivity index (χ3v) is 5.57. The summed E-state index contributed by atoms with van der Waals surface area (Å²) in [5.41, 5.74) is 3.31. The fourth-order valence-electron chi connectivity index (χ4n) is 3.07. The van der Waals surface area contributed by atoms with E-state index in [0.717, 1.165) is 50.5 Å². The number of nitriles is 1. The third kappa shape index (κ3) is 4.06. The van der Waals surface area contributed by atoms with Gasteiger partial charge < -0.3 is 4.90 Å². The van der Waals surface area contributed by atoms with E-state index in [1.54, 1.807) is 30.4 Å². The van der Waals surface area contributed by atoms with Gasteiger partial charge in [-0.2, -0.15) is 5.26 Å². The Morgan fingerprint density at radius 1 is 1.32 bits per heavy atom. The van der Waals surface area contributed by atoms with Crippen molar-refractivity contribution >= 4 is 22.8 Å². The van der Waals surface area contributed by atoms with Gasteiger partial charge in [0.1, 0.15) is 6.07 Å². The van der Waals surface area contributed by atoms with Gasteiger partial charge in [0, 0.05) is 43.7 Å². The van der Waals surface area contributed by atoms with Crippen LogP contribution in [-0.4, -0.2) is 41.8 Å². The van der Waals surface area contributed by atoms with Gasteiger partial charge in [-0.15, -0.1) is 11.3 Å². The quantitative estimate of drug-likeness (QED) is 0.772. The van der Waals surface area contributed by atoms with Crippen LogP contribution in [0.4, 0.5) is 5.69 Å². The van der Waals surface area contributed by atoms with Crippen LogP contribution in [0.1, 0.15) is 40.5 Å². The molecule has 0 N–H and O–H groups in total. The Labute approximate surface area is 152 Å². The van der Waals surface area contributed by atoms with Crippen molar-refractivity contribution in [1.29, 1.82) is 5.26 Å². The molecule has 1 saturated heterocycles. The highest BCUT2D eigenvalue weighted by Crippen LogP contribution is 2.24. The number of rotatable bonds is 5. The van der Waals surface area contributed by atoms with E-state index in [1.807, 2.05) is 6.07 Å². The first-order valence-electron chi connectivity index (χ1n) is 8.56. The van der Waals surface area contributed by atoms with Crippen molar-refractivity contribution in [1.82, 2.24) is 9.88 Å². The van der Waals surface area contributed by atoms with E-state index >= 15 is 0 Å². The highest BCUT2D eigenvalue weighted by atomic mass is 32.1. The fourth-order valence-corrected chi connectivity index (χ4v) is 3.80. The average Bonchev–Trinajstić information content (AvgIpc) is 3.09. The number of benzene rings is 1. The topological polar surface area (TPSA) is 60.2 Å². The van der Waals surface area contributed by atoms with Crippen molar-refractivity contribution in [3.8, 4) is 6.07 Å². The third-order valence-electron chi connectivity index (χ3n) is 4.53. The predicted molar refractivity (Wildman–Crippen MR) is 100 cm³/mol. The summed E-state index contributed by atoms with van der Waals surface area (Å²) in [7, 11) is 0. The molecule has 0 saturated carbocycles. The Hall–Kier alpha value is -2.23. The lowest BCUT2D eigenvalue weighted by Crippen LogP contribution is -2.46. The zero-order valence-electron chi connectivity index (χ0n) is 14.7. The number of nitrogens with zero attached hydrogens (tertiary/aromatic N) is 4. The predicted octanol–water partition coefficient (Wildman–Crippen LogP) is 3.10. The zero-order chi connectivity index (χ0) is 17.8. The number of thiazole rings is 1. The van der Waals surface area contributed by atoms with Crippen LogP contribution in [0.5, 0.6) is 0 Å². The molecule has 3 rings (SSSR count). The number of carbonyl (C=O) groups is 1. The number of ketones is 1. The van der Waals surface area contributed by atoms with Gasteiger partial charge in [0.15, 0.2) is 5.78 Å². The average molecular weight is 354 g/mol. The summed E-state index contributed by atoms with van der Waals surface area (Å²) in [6.45, 7) is 8.11. The normalized spacial score (nSPS) is 15.2. The van der Waals surface area contributed by atoms with E-state index in [1.165, 1.54) is 5.01 Å². The Bertz CT molecular complexity index is 800. The maximum absolute atomic E-state index is 11.6. The van der Waals surface area contributed by atoms with E-state index in [2.05, 4.69) is 33.2 Å². The van der Waals surface area contributed by atoms with Crippen molar-refractivity contribution in [2.45, 2.75) is 26.8 Å². The Morgan fingerprint density at radius 3 is 2.68 bits per heavy atom. The minimum atomic E-state index is 0.0274. The lowest BCUT2D eigenvalue weighted by atomic mass is 10.1. The molecule has 0 unspecified atom stereocenters. The number of aromatic nitrogens is 1. The molecule has 0 bridgehead atoms. The molecule has 1 aromatic carbocycles.